The van der Waals surface area contributed by atoms with Crippen LogP contribution in [0.4, 0.5) is 10.1 Å². The zero-order chi connectivity index (χ0) is 13.9. The Bertz CT molecular complexity index is 564. The van der Waals surface area contributed by atoms with E-state index in [0.29, 0.717) is 12.6 Å². The van der Waals surface area contributed by atoms with Crippen molar-refractivity contribution in [2.45, 2.75) is 32.0 Å². The highest BCUT2D eigenvalue weighted by molar-refractivity contribution is 7.09. The van der Waals surface area contributed by atoms with Crippen LogP contribution in [0, 0.1) is 5.82 Å². The van der Waals surface area contributed by atoms with Crippen molar-refractivity contribution in [1.82, 2.24) is 5.32 Å². The lowest BCUT2D eigenvalue weighted by Crippen LogP contribution is -2.27. The summed E-state index contributed by atoms with van der Waals surface area (Å²) < 4.78 is 14.4. The number of anilines is 1. The first-order chi connectivity index (χ1) is 9.79. The average Bonchev–Trinajstić information content (AvgIpc) is 3.15. The van der Waals surface area contributed by atoms with Crippen LogP contribution in [0.25, 0.3) is 0 Å². The van der Waals surface area contributed by atoms with Gasteiger partial charge in [0.05, 0.1) is 12.2 Å². The van der Waals surface area contributed by atoms with Crippen molar-refractivity contribution in [3.63, 3.8) is 0 Å². The summed E-state index contributed by atoms with van der Waals surface area (Å²) >= 11 is 1.74. The van der Waals surface area contributed by atoms with E-state index < -0.39 is 0 Å². The molecule has 1 aromatic carbocycles. The zero-order valence-electron chi connectivity index (χ0n) is 11.6. The van der Waals surface area contributed by atoms with Crippen LogP contribution in [0.3, 0.4) is 0 Å². The SMILES string of the molecule is CNCc1cccc(F)c1N(Cc1cccs1)C1CC1. The van der Waals surface area contributed by atoms with Crippen LogP contribution in [0.2, 0.25) is 0 Å². The molecule has 1 N–H and O–H groups in total. The van der Waals surface area contributed by atoms with Crippen molar-refractivity contribution in [1.29, 1.82) is 0 Å². The lowest BCUT2D eigenvalue weighted by atomic mass is 10.1. The van der Waals surface area contributed by atoms with Gasteiger partial charge in [-0.3, -0.25) is 0 Å². The summed E-state index contributed by atoms with van der Waals surface area (Å²) in [5.41, 5.74) is 1.81. The fourth-order valence-electron chi connectivity index (χ4n) is 2.56. The van der Waals surface area contributed by atoms with E-state index in [1.807, 2.05) is 13.1 Å². The molecule has 1 aliphatic rings. The monoisotopic (exact) mass is 290 g/mol. The van der Waals surface area contributed by atoms with Gasteiger partial charge in [-0.05, 0) is 43.0 Å². The summed E-state index contributed by atoms with van der Waals surface area (Å²) in [6.45, 7) is 1.50. The highest BCUT2D eigenvalue weighted by Crippen LogP contribution is 2.37. The lowest BCUT2D eigenvalue weighted by Gasteiger charge is -2.27. The molecule has 2 aromatic rings. The molecule has 0 amide bonds. The molecule has 3 rings (SSSR count). The number of thiophene rings is 1. The summed E-state index contributed by atoms with van der Waals surface area (Å²) in [5, 5.41) is 5.21. The number of benzene rings is 1. The Morgan fingerprint density at radius 2 is 2.15 bits per heavy atom. The van der Waals surface area contributed by atoms with E-state index >= 15 is 0 Å². The minimum atomic E-state index is -0.110. The van der Waals surface area contributed by atoms with E-state index in [1.165, 1.54) is 17.7 Å². The average molecular weight is 290 g/mol. The zero-order valence-corrected chi connectivity index (χ0v) is 12.4. The molecule has 0 atom stereocenters. The second-order valence-corrected chi connectivity index (χ2v) is 6.25. The quantitative estimate of drug-likeness (QED) is 0.871. The van der Waals surface area contributed by atoms with E-state index in [-0.39, 0.29) is 5.82 Å². The molecule has 0 unspecified atom stereocenters. The van der Waals surface area contributed by atoms with Gasteiger partial charge in [0.25, 0.3) is 0 Å². The Kier molecular flexibility index (Phi) is 4.03. The Morgan fingerprint density at radius 1 is 1.30 bits per heavy atom. The van der Waals surface area contributed by atoms with Crippen molar-refractivity contribution in [2.75, 3.05) is 11.9 Å². The smallest absolute Gasteiger partial charge is 0.146 e. The normalized spacial score (nSPS) is 14.5. The topological polar surface area (TPSA) is 15.3 Å². The number of nitrogens with zero attached hydrogens (tertiary/aromatic N) is 1. The van der Waals surface area contributed by atoms with Crippen LogP contribution in [-0.4, -0.2) is 13.1 Å². The minimum absolute atomic E-state index is 0.110. The third-order valence-electron chi connectivity index (χ3n) is 3.62. The van der Waals surface area contributed by atoms with Crippen LogP contribution in [0.15, 0.2) is 35.7 Å². The molecule has 1 aromatic heterocycles. The van der Waals surface area contributed by atoms with Crippen LogP contribution >= 0.6 is 11.3 Å². The van der Waals surface area contributed by atoms with Crippen molar-refractivity contribution in [3.8, 4) is 0 Å². The van der Waals surface area contributed by atoms with Gasteiger partial charge in [-0.15, -0.1) is 11.3 Å². The molecule has 1 heterocycles. The van der Waals surface area contributed by atoms with Crippen molar-refractivity contribution in [2.24, 2.45) is 0 Å². The highest BCUT2D eigenvalue weighted by Gasteiger charge is 2.32. The Labute approximate surface area is 123 Å². The van der Waals surface area contributed by atoms with E-state index in [2.05, 4.69) is 27.7 Å². The maximum absolute atomic E-state index is 14.4. The first-order valence-corrected chi connectivity index (χ1v) is 7.88. The van der Waals surface area contributed by atoms with Gasteiger partial charge in [-0.1, -0.05) is 18.2 Å². The summed E-state index contributed by atoms with van der Waals surface area (Å²) in [6.07, 6.45) is 2.33. The molecule has 0 radical (unpaired) electrons. The molecule has 4 heteroatoms. The van der Waals surface area contributed by atoms with E-state index in [4.69, 9.17) is 0 Å². The van der Waals surface area contributed by atoms with Gasteiger partial charge >= 0.3 is 0 Å². The molecular formula is C16H19FN2S. The predicted octanol–water partition coefficient (Wildman–Crippen LogP) is 3.78. The number of halogens is 1. The first kappa shape index (κ1) is 13.6. The minimum Gasteiger partial charge on any atom is -0.361 e. The summed E-state index contributed by atoms with van der Waals surface area (Å²) in [6, 6.07) is 10.0. The third-order valence-corrected chi connectivity index (χ3v) is 4.48. The van der Waals surface area contributed by atoms with Crippen molar-refractivity contribution >= 4 is 17.0 Å². The van der Waals surface area contributed by atoms with Crippen LogP contribution in [0.5, 0.6) is 0 Å². The molecule has 1 fully saturated rings. The highest BCUT2D eigenvalue weighted by atomic mass is 32.1. The molecule has 0 spiro atoms. The number of hydrogen-bond donors (Lipinski definition) is 1. The second-order valence-electron chi connectivity index (χ2n) is 5.22. The second kappa shape index (κ2) is 5.94. The summed E-state index contributed by atoms with van der Waals surface area (Å²) in [5.74, 6) is -0.110. The van der Waals surface area contributed by atoms with Gasteiger partial charge in [0.2, 0.25) is 0 Å². The van der Waals surface area contributed by atoms with E-state index in [0.717, 1.165) is 17.8 Å². The van der Waals surface area contributed by atoms with Crippen LogP contribution < -0.4 is 10.2 Å². The van der Waals surface area contributed by atoms with Crippen molar-refractivity contribution in [3.05, 3.63) is 52.0 Å². The summed E-state index contributed by atoms with van der Waals surface area (Å²) in [4.78, 5) is 3.53. The lowest BCUT2D eigenvalue weighted by molar-refractivity contribution is 0.610. The molecule has 0 aliphatic heterocycles. The fourth-order valence-corrected chi connectivity index (χ4v) is 3.26. The number of nitrogens with one attached hydrogen (secondary N) is 1. The molecule has 106 valence electrons. The Balaban J connectivity index is 1.94. The fraction of sp³-hybridized carbons (Fsp3) is 0.375. The van der Waals surface area contributed by atoms with Gasteiger partial charge in [-0.25, -0.2) is 4.39 Å². The molecule has 20 heavy (non-hydrogen) atoms. The van der Waals surface area contributed by atoms with Crippen LogP contribution in [0.1, 0.15) is 23.3 Å². The summed E-state index contributed by atoms with van der Waals surface area (Å²) in [7, 11) is 1.90. The van der Waals surface area contributed by atoms with Gasteiger partial charge in [0.15, 0.2) is 0 Å². The number of para-hydroxylation sites is 1. The van der Waals surface area contributed by atoms with Crippen molar-refractivity contribution < 1.29 is 4.39 Å². The molecule has 2 nitrogen and oxygen atoms in total. The van der Waals surface area contributed by atoms with Crippen LogP contribution in [-0.2, 0) is 13.1 Å². The third kappa shape index (κ3) is 2.86. The number of rotatable bonds is 6. The molecule has 0 bridgehead atoms. The largest absolute Gasteiger partial charge is 0.361 e. The van der Waals surface area contributed by atoms with Gasteiger partial charge in [0.1, 0.15) is 5.82 Å². The molecule has 0 saturated heterocycles. The molecule has 1 saturated carbocycles. The van der Waals surface area contributed by atoms with Gasteiger partial charge in [-0.2, -0.15) is 0 Å². The maximum Gasteiger partial charge on any atom is 0.146 e. The Morgan fingerprint density at radius 3 is 2.80 bits per heavy atom. The van der Waals surface area contributed by atoms with E-state index in [9.17, 15) is 4.39 Å². The maximum atomic E-state index is 14.4. The van der Waals surface area contributed by atoms with Gasteiger partial charge < -0.3 is 10.2 Å². The molecular weight excluding hydrogens is 271 g/mol. The molecule has 1 aliphatic carbocycles. The first-order valence-electron chi connectivity index (χ1n) is 7.00. The number of hydrogen-bond acceptors (Lipinski definition) is 3. The standard InChI is InChI=1S/C16H19FN2S/c1-18-10-12-4-2-6-15(17)16(12)19(13-7-8-13)11-14-5-3-9-20-14/h2-6,9,13,18H,7-8,10-11H2,1H3. The van der Waals surface area contributed by atoms with E-state index in [1.54, 1.807) is 23.5 Å². The van der Waals surface area contributed by atoms with Gasteiger partial charge in [0, 0.05) is 17.5 Å². The predicted molar refractivity (Wildman–Crippen MR) is 82.7 cm³/mol. The Hall–Kier alpha value is -1.39.